The largest absolute Gasteiger partial charge is 0.508 e. The third kappa shape index (κ3) is 3.18. The van der Waals surface area contributed by atoms with E-state index in [2.05, 4.69) is 10.3 Å². The quantitative estimate of drug-likeness (QED) is 0.825. The molecule has 1 unspecified atom stereocenters. The van der Waals surface area contributed by atoms with Gasteiger partial charge in [-0.05, 0) is 39.0 Å². The molecule has 1 aromatic carbocycles. The van der Waals surface area contributed by atoms with Crippen molar-refractivity contribution in [3.63, 3.8) is 0 Å². The molecule has 0 fully saturated rings. The first-order valence-corrected chi connectivity index (χ1v) is 6.54. The molecule has 0 saturated heterocycles. The molecule has 2 rings (SSSR count). The number of benzene rings is 1. The number of aryl methyl sites for hydroxylation is 2. The highest BCUT2D eigenvalue weighted by Crippen LogP contribution is 2.28. The van der Waals surface area contributed by atoms with Gasteiger partial charge in [-0.15, -0.1) is 0 Å². The number of phenolic OH excluding ortho intramolecular Hbond substituents is 1. The lowest BCUT2D eigenvalue weighted by molar-refractivity contribution is 0.465. The highest BCUT2D eigenvalue weighted by Gasteiger charge is 2.12. The Morgan fingerprint density at radius 1 is 1.21 bits per heavy atom. The topological polar surface area (TPSA) is 45.1 Å². The van der Waals surface area contributed by atoms with Gasteiger partial charge in [0.2, 0.25) is 0 Å². The minimum atomic E-state index is -0.0124. The third-order valence-corrected chi connectivity index (χ3v) is 3.28. The van der Waals surface area contributed by atoms with E-state index in [1.807, 2.05) is 39.0 Å². The molecule has 2 aromatic rings. The first-order valence-electron chi connectivity index (χ1n) is 6.16. The standard InChI is InChI=1S/C15H17ClN2O/c1-9-4-6-14(19)12(8-9)10(2)17-13-5-7-15(16)18-11(13)3/h4-8,10,17,19H,1-3H3. The zero-order valence-electron chi connectivity index (χ0n) is 11.2. The van der Waals surface area contributed by atoms with Crippen molar-refractivity contribution in [2.75, 3.05) is 5.32 Å². The van der Waals surface area contributed by atoms with E-state index in [9.17, 15) is 5.11 Å². The number of nitrogens with zero attached hydrogens (tertiary/aromatic N) is 1. The highest BCUT2D eigenvalue weighted by atomic mass is 35.5. The maximum atomic E-state index is 9.92. The van der Waals surface area contributed by atoms with Gasteiger partial charge in [0.15, 0.2) is 0 Å². The summed E-state index contributed by atoms with van der Waals surface area (Å²) < 4.78 is 0. The smallest absolute Gasteiger partial charge is 0.129 e. The molecule has 0 amide bonds. The van der Waals surface area contributed by atoms with Crippen molar-refractivity contribution in [2.24, 2.45) is 0 Å². The molecule has 100 valence electrons. The molecule has 0 aliphatic rings. The van der Waals surface area contributed by atoms with E-state index in [1.54, 1.807) is 12.1 Å². The van der Waals surface area contributed by atoms with Crippen LogP contribution in [-0.2, 0) is 0 Å². The Hall–Kier alpha value is -1.74. The summed E-state index contributed by atoms with van der Waals surface area (Å²) in [5.41, 5.74) is 3.74. The molecule has 0 aliphatic heterocycles. The Labute approximate surface area is 118 Å². The van der Waals surface area contributed by atoms with E-state index in [-0.39, 0.29) is 6.04 Å². The van der Waals surface area contributed by atoms with Gasteiger partial charge in [0.25, 0.3) is 0 Å². The lowest BCUT2D eigenvalue weighted by atomic mass is 10.0. The molecule has 0 saturated carbocycles. The Bertz CT molecular complexity index is 599. The number of pyridine rings is 1. The van der Waals surface area contributed by atoms with Crippen LogP contribution in [-0.4, -0.2) is 10.1 Å². The van der Waals surface area contributed by atoms with Crippen LogP contribution in [0.15, 0.2) is 30.3 Å². The van der Waals surface area contributed by atoms with Crippen molar-refractivity contribution in [3.8, 4) is 5.75 Å². The Balaban J connectivity index is 2.25. The van der Waals surface area contributed by atoms with Gasteiger partial charge >= 0.3 is 0 Å². The Kier molecular flexibility index (Phi) is 3.96. The van der Waals surface area contributed by atoms with Gasteiger partial charge in [-0.25, -0.2) is 4.98 Å². The summed E-state index contributed by atoms with van der Waals surface area (Å²) in [5, 5.41) is 13.7. The van der Waals surface area contributed by atoms with Gasteiger partial charge in [0, 0.05) is 5.56 Å². The Morgan fingerprint density at radius 2 is 1.95 bits per heavy atom. The second-order valence-corrected chi connectivity index (χ2v) is 5.08. The number of hydrogen-bond acceptors (Lipinski definition) is 3. The van der Waals surface area contributed by atoms with Crippen LogP contribution >= 0.6 is 11.6 Å². The monoisotopic (exact) mass is 276 g/mol. The lowest BCUT2D eigenvalue weighted by Gasteiger charge is -2.18. The minimum absolute atomic E-state index is 0.0124. The summed E-state index contributed by atoms with van der Waals surface area (Å²) in [6, 6.07) is 9.22. The van der Waals surface area contributed by atoms with Crippen LogP contribution in [0.3, 0.4) is 0 Å². The normalized spacial score (nSPS) is 12.2. The van der Waals surface area contributed by atoms with Crippen molar-refractivity contribution in [1.29, 1.82) is 0 Å². The highest BCUT2D eigenvalue weighted by molar-refractivity contribution is 6.29. The fourth-order valence-corrected chi connectivity index (χ4v) is 2.20. The van der Waals surface area contributed by atoms with E-state index in [0.717, 1.165) is 22.5 Å². The van der Waals surface area contributed by atoms with Crippen LogP contribution in [0, 0.1) is 13.8 Å². The second kappa shape index (κ2) is 5.49. The first-order chi connectivity index (χ1) is 8.97. The maximum Gasteiger partial charge on any atom is 0.129 e. The number of aromatic hydroxyl groups is 1. The molecular formula is C15H17ClN2O. The van der Waals surface area contributed by atoms with Crippen LogP contribution < -0.4 is 5.32 Å². The van der Waals surface area contributed by atoms with Crippen molar-refractivity contribution in [2.45, 2.75) is 26.8 Å². The summed E-state index contributed by atoms with van der Waals surface area (Å²) in [6.07, 6.45) is 0. The summed E-state index contributed by atoms with van der Waals surface area (Å²) in [4.78, 5) is 4.20. The SMILES string of the molecule is Cc1ccc(O)c(C(C)Nc2ccc(Cl)nc2C)c1. The van der Waals surface area contributed by atoms with Crippen molar-refractivity contribution in [3.05, 3.63) is 52.3 Å². The molecule has 4 heteroatoms. The number of halogens is 1. The van der Waals surface area contributed by atoms with Crippen LogP contribution in [0.1, 0.15) is 29.8 Å². The fourth-order valence-electron chi connectivity index (χ4n) is 2.01. The molecular weight excluding hydrogens is 260 g/mol. The fraction of sp³-hybridized carbons (Fsp3) is 0.267. The van der Waals surface area contributed by atoms with Crippen molar-refractivity contribution < 1.29 is 5.11 Å². The van der Waals surface area contributed by atoms with E-state index in [0.29, 0.717) is 10.9 Å². The number of nitrogens with one attached hydrogen (secondary N) is 1. The average Bonchev–Trinajstić information content (AvgIpc) is 2.35. The minimum Gasteiger partial charge on any atom is -0.508 e. The maximum absolute atomic E-state index is 9.92. The zero-order valence-corrected chi connectivity index (χ0v) is 12.0. The van der Waals surface area contributed by atoms with E-state index >= 15 is 0 Å². The van der Waals surface area contributed by atoms with Crippen LogP contribution in [0.2, 0.25) is 5.15 Å². The molecule has 0 aliphatic carbocycles. The molecule has 3 nitrogen and oxygen atoms in total. The van der Waals surface area contributed by atoms with E-state index < -0.39 is 0 Å². The van der Waals surface area contributed by atoms with Crippen molar-refractivity contribution in [1.82, 2.24) is 4.98 Å². The number of rotatable bonds is 3. The molecule has 0 spiro atoms. The third-order valence-electron chi connectivity index (χ3n) is 3.07. The van der Waals surface area contributed by atoms with Gasteiger partial charge in [0.05, 0.1) is 17.4 Å². The van der Waals surface area contributed by atoms with Crippen LogP contribution in [0.4, 0.5) is 5.69 Å². The van der Waals surface area contributed by atoms with Gasteiger partial charge < -0.3 is 10.4 Å². The number of aromatic nitrogens is 1. The average molecular weight is 277 g/mol. The predicted octanol–water partition coefficient (Wildman–Crippen LogP) is 4.23. The van der Waals surface area contributed by atoms with Gasteiger partial charge in [-0.1, -0.05) is 29.3 Å². The van der Waals surface area contributed by atoms with Crippen LogP contribution in [0.5, 0.6) is 5.75 Å². The summed E-state index contributed by atoms with van der Waals surface area (Å²) in [6.45, 7) is 5.91. The van der Waals surface area contributed by atoms with E-state index in [4.69, 9.17) is 11.6 Å². The number of phenols is 1. The van der Waals surface area contributed by atoms with E-state index in [1.165, 1.54) is 0 Å². The van der Waals surface area contributed by atoms with Crippen molar-refractivity contribution >= 4 is 17.3 Å². The molecule has 1 aromatic heterocycles. The molecule has 2 N–H and O–H groups in total. The summed E-state index contributed by atoms with van der Waals surface area (Å²) in [7, 11) is 0. The zero-order chi connectivity index (χ0) is 14.0. The molecule has 19 heavy (non-hydrogen) atoms. The first kappa shape index (κ1) is 13.7. The predicted molar refractivity (Wildman–Crippen MR) is 78.9 cm³/mol. The van der Waals surface area contributed by atoms with Gasteiger partial charge in [-0.3, -0.25) is 0 Å². The van der Waals surface area contributed by atoms with Gasteiger partial charge in [-0.2, -0.15) is 0 Å². The van der Waals surface area contributed by atoms with Gasteiger partial charge in [0.1, 0.15) is 10.9 Å². The number of anilines is 1. The number of hydrogen-bond donors (Lipinski definition) is 2. The Morgan fingerprint density at radius 3 is 2.63 bits per heavy atom. The lowest BCUT2D eigenvalue weighted by Crippen LogP contribution is -2.08. The molecule has 1 atom stereocenters. The molecule has 1 heterocycles. The molecule has 0 bridgehead atoms. The summed E-state index contributed by atoms with van der Waals surface area (Å²) >= 11 is 5.84. The summed E-state index contributed by atoms with van der Waals surface area (Å²) in [5.74, 6) is 0.296. The second-order valence-electron chi connectivity index (χ2n) is 4.70. The molecule has 0 radical (unpaired) electrons. The van der Waals surface area contributed by atoms with Crippen LogP contribution in [0.25, 0.3) is 0 Å².